The van der Waals surface area contributed by atoms with Crippen molar-refractivity contribution in [1.82, 2.24) is 20.2 Å². The zero-order chi connectivity index (χ0) is 19.8. The van der Waals surface area contributed by atoms with Crippen LogP contribution in [0.5, 0.6) is 0 Å². The molecule has 1 aromatic heterocycles. The number of nitrogens with one attached hydrogen (secondary N) is 2. The highest BCUT2D eigenvalue weighted by molar-refractivity contribution is 6.30. The molecule has 0 aliphatic rings. The molecule has 3 rings (SSSR count). The van der Waals surface area contributed by atoms with E-state index in [4.69, 9.17) is 16.6 Å². The van der Waals surface area contributed by atoms with Gasteiger partial charge < -0.3 is 15.2 Å². The molecule has 0 amide bonds. The van der Waals surface area contributed by atoms with Gasteiger partial charge in [-0.05, 0) is 37.1 Å². The van der Waals surface area contributed by atoms with E-state index in [-0.39, 0.29) is 6.04 Å². The van der Waals surface area contributed by atoms with E-state index in [0.29, 0.717) is 6.54 Å². The van der Waals surface area contributed by atoms with Crippen LogP contribution in [-0.2, 0) is 13.1 Å². The average molecular weight is 396 g/mol. The number of guanidine groups is 1. The second-order valence-corrected chi connectivity index (χ2v) is 7.01. The van der Waals surface area contributed by atoms with Crippen LogP contribution in [0, 0.1) is 0 Å². The third-order valence-electron chi connectivity index (χ3n) is 4.44. The van der Waals surface area contributed by atoms with E-state index in [0.717, 1.165) is 35.5 Å². The van der Waals surface area contributed by atoms with Gasteiger partial charge in [0.05, 0.1) is 6.04 Å². The quantitative estimate of drug-likeness (QED) is 0.460. The molecule has 3 aromatic rings. The van der Waals surface area contributed by atoms with Crippen molar-refractivity contribution in [1.29, 1.82) is 0 Å². The molecule has 0 bridgehead atoms. The van der Waals surface area contributed by atoms with E-state index in [9.17, 15) is 0 Å². The van der Waals surface area contributed by atoms with Gasteiger partial charge in [0.15, 0.2) is 5.96 Å². The van der Waals surface area contributed by atoms with Gasteiger partial charge in [-0.25, -0.2) is 9.98 Å². The minimum absolute atomic E-state index is 0.110. The summed E-state index contributed by atoms with van der Waals surface area (Å²) in [6.45, 7) is 6.24. The van der Waals surface area contributed by atoms with E-state index in [1.165, 1.54) is 5.56 Å². The SMILES string of the molecule is CCNC(=NCc1nccn1Cc1ccccc1)NC(C)c1ccc(Cl)cc1. The van der Waals surface area contributed by atoms with Gasteiger partial charge >= 0.3 is 0 Å². The molecule has 6 heteroatoms. The number of imidazole rings is 1. The predicted molar refractivity (Wildman–Crippen MR) is 116 cm³/mol. The number of nitrogens with zero attached hydrogens (tertiary/aromatic N) is 3. The second kappa shape index (κ2) is 9.95. The summed E-state index contributed by atoms with van der Waals surface area (Å²) in [5.74, 6) is 1.69. The van der Waals surface area contributed by atoms with Gasteiger partial charge in [-0.3, -0.25) is 0 Å². The molecule has 28 heavy (non-hydrogen) atoms. The summed E-state index contributed by atoms with van der Waals surface area (Å²) < 4.78 is 2.13. The first-order chi connectivity index (χ1) is 13.7. The standard InChI is InChI=1S/C22H26ClN5/c1-3-24-22(27-17(2)19-9-11-20(23)12-10-19)26-15-21-25-13-14-28(21)16-18-7-5-4-6-8-18/h4-14,17H,3,15-16H2,1-2H3,(H2,24,26,27). The van der Waals surface area contributed by atoms with E-state index in [2.05, 4.69) is 58.3 Å². The van der Waals surface area contributed by atoms with Crippen LogP contribution in [0.15, 0.2) is 72.0 Å². The van der Waals surface area contributed by atoms with Crippen molar-refractivity contribution in [3.63, 3.8) is 0 Å². The molecule has 2 aromatic carbocycles. The first-order valence-electron chi connectivity index (χ1n) is 9.50. The number of hydrogen-bond donors (Lipinski definition) is 2. The highest BCUT2D eigenvalue weighted by atomic mass is 35.5. The Hall–Kier alpha value is -2.79. The van der Waals surface area contributed by atoms with Gasteiger partial charge in [0.1, 0.15) is 12.4 Å². The second-order valence-electron chi connectivity index (χ2n) is 6.57. The number of rotatable bonds is 7. The van der Waals surface area contributed by atoms with Crippen molar-refractivity contribution >= 4 is 17.6 Å². The van der Waals surface area contributed by atoms with Crippen LogP contribution in [-0.4, -0.2) is 22.1 Å². The monoisotopic (exact) mass is 395 g/mol. The maximum atomic E-state index is 5.99. The Labute approximate surface area is 171 Å². The molecular weight excluding hydrogens is 370 g/mol. The zero-order valence-corrected chi connectivity index (χ0v) is 17.0. The summed E-state index contributed by atoms with van der Waals surface area (Å²) in [5.41, 5.74) is 2.40. The molecule has 0 saturated carbocycles. The Kier molecular flexibility index (Phi) is 7.09. The number of aromatic nitrogens is 2. The minimum Gasteiger partial charge on any atom is -0.357 e. The lowest BCUT2D eigenvalue weighted by Gasteiger charge is -2.18. The predicted octanol–water partition coefficient (Wildman–Crippen LogP) is 4.40. The Morgan fingerprint density at radius 2 is 1.89 bits per heavy atom. The fourth-order valence-electron chi connectivity index (χ4n) is 2.93. The van der Waals surface area contributed by atoms with Crippen LogP contribution >= 0.6 is 11.6 Å². The molecular formula is C22H26ClN5. The normalized spacial score (nSPS) is 12.6. The fourth-order valence-corrected chi connectivity index (χ4v) is 3.05. The smallest absolute Gasteiger partial charge is 0.192 e. The number of aliphatic imine (C=N–C) groups is 1. The summed E-state index contributed by atoms with van der Waals surface area (Å²) in [6.07, 6.45) is 3.82. The third-order valence-corrected chi connectivity index (χ3v) is 4.70. The van der Waals surface area contributed by atoms with Crippen LogP contribution < -0.4 is 10.6 Å². The molecule has 1 heterocycles. The Bertz CT molecular complexity index is 887. The van der Waals surface area contributed by atoms with Crippen LogP contribution in [0.2, 0.25) is 5.02 Å². The zero-order valence-electron chi connectivity index (χ0n) is 16.3. The Morgan fingerprint density at radius 3 is 2.61 bits per heavy atom. The fraction of sp³-hybridized carbons (Fsp3) is 0.273. The van der Waals surface area contributed by atoms with Crippen LogP contribution in [0.25, 0.3) is 0 Å². The summed E-state index contributed by atoms with van der Waals surface area (Å²) in [4.78, 5) is 9.20. The van der Waals surface area contributed by atoms with Gasteiger partial charge in [0.2, 0.25) is 0 Å². The lowest BCUT2D eigenvalue weighted by Crippen LogP contribution is -2.38. The van der Waals surface area contributed by atoms with E-state index >= 15 is 0 Å². The summed E-state index contributed by atoms with van der Waals surface area (Å²) in [6, 6.07) is 18.3. The first kappa shape index (κ1) is 20.0. The summed E-state index contributed by atoms with van der Waals surface area (Å²) in [5, 5.41) is 7.48. The number of benzene rings is 2. The lowest BCUT2D eigenvalue weighted by molar-refractivity contribution is 0.677. The van der Waals surface area contributed by atoms with Crippen molar-refractivity contribution in [2.24, 2.45) is 4.99 Å². The maximum Gasteiger partial charge on any atom is 0.192 e. The first-order valence-corrected chi connectivity index (χ1v) is 9.87. The lowest BCUT2D eigenvalue weighted by atomic mass is 10.1. The average Bonchev–Trinajstić information content (AvgIpc) is 3.14. The molecule has 0 fully saturated rings. The van der Waals surface area contributed by atoms with Crippen molar-refractivity contribution < 1.29 is 0 Å². The largest absolute Gasteiger partial charge is 0.357 e. The Morgan fingerprint density at radius 1 is 1.14 bits per heavy atom. The molecule has 0 aliphatic heterocycles. The molecule has 0 spiro atoms. The highest BCUT2D eigenvalue weighted by Gasteiger charge is 2.09. The van der Waals surface area contributed by atoms with Crippen molar-refractivity contribution in [3.8, 4) is 0 Å². The van der Waals surface area contributed by atoms with Crippen LogP contribution in [0.4, 0.5) is 0 Å². The molecule has 0 saturated heterocycles. The van der Waals surface area contributed by atoms with E-state index < -0.39 is 0 Å². The topological polar surface area (TPSA) is 54.2 Å². The van der Waals surface area contributed by atoms with Crippen LogP contribution in [0.1, 0.15) is 36.8 Å². The minimum atomic E-state index is 0.110. The van der Waals surface area contributed by atoms with Crippen molar-refractivity contribution in [2.75, 3.05) is 6.54 Å². The molecule has 0 radical (unpaired) electrons. The molecule has 146 valence electrons. The highest BCUT2D eigenvalue weighted by Crippen LogP contribution is 2.16. The Balaban J connectivity index is 1.68. The van der Waals surface area contributed by atoms with Gasteiger partial charge in [-0.1, -0.05) is 54.1 Å². The number of hydrogen-bond acceptors (Lipinski definition) is 2. The molecule has 1 atom stereocenters. The van der Waals surface area contributed by atoms with E-state index in [1.54, 1.807) is 0 Å². The van der Waals surface area contributed by atoms with Gasteiger partial charge in [-0.2, -0.15) is 0 Å². The summed E-state index contributed by atoms with van der Waals surface area (Å²) in [7, 11) is 0. The molecule has 0 aliphatic carbocycles. The van der Waals surface area contributed by atoms with Crippen LogP contribution in [0.3, 0.4) is 0 Å². The van der Waals surface area contributed by atoms with Gasteiger partial charge in [-0.15, -0.1) is 0 Å². The third kappa shape index (κ3) is 5.60. The van der Waals surface area contributed by atoms with E-state index in [1.807, 2.05) is 42.7 Å². The van der Waals surface area contributed by atoms with Crippen molar-refractivity contribution in [3.05, 3.63) is 89.0 Å². The maximum absolute atomic E-state index is 5.99. The molecule has 1 unspecified atom stereocenters. The molecule has 2 N–H and O–H groups in total. The van der Waals surface area contributed by atoms with Gasteiger partial charge in [0.25, 0.3) is 0 Å². The number of halogens is 1. The van der Waals surface area contributed by atoms with Gasteiger partial charge in [0, 0.05) is 30.5 Å². The van der Waals surface area contributed by atoms with Crippen molar-refractivity contribution in [2.45, 2.75) is 33.0 Å². The summed E-state index contributed by atoms with van der Waals surface area (Å²) >= 11 is 5.99. The molecule has 5 nitrogen and oxygen atoms in total.